The molecule has 136 valence electrons. The van der Waals surface area contributed by atoms with Crippen LogP contribution >= 0.6 is 0 Å². The predicted octanol–water partition coefficient (Wildman–Crippen LogP) is 1.56. The first kappa shape index (κ1) is 18.0. The summed E-state index contributed by atoms with van der Waals surface area (Å²) in [6, 6.07) is 6.80. The molecule has 0 bridgehead atoms. The fourth-order valence-corrected chi connectivity index (χ4v) is 3.50. The second-order valence-electron chi connectivity index (χ2n) is 7.28. The lowest BCUT2D eigenvalue weighted by molar-refractivity contribution is -0.197. The maximum Gasteiger partial charge on any atom is 0.277 e. The molecule has 2 amide bonds. The van der Waals surface area contributed by atoms with Gasteiger partial charge in [0, 0.05) is 12.6 Å². The summed E-state index contributed by atoms with van der Waals surface area (Å²) in [5.41, 5.74) is 0.523. The van der Waals surface area contributed by atoms with Crippen molar-refractivity contribution in [3.63, 3.8) is 0 Å². The number of benzene rings is 1. The number of hydrogen-bond acceptors (Lipinski definition) is 6. The minimum Gasteiger partial charge on any atom is -0.377 e. The molecule has 0 N–H and O–H groups in total. The first-order chi connectivity index (χ1) is 11.8. The van der Waals surface area contributed by atoms with Gasteiger partial charge in [0.05, 0.1) is 43.6 Å². The number of carbonyl (C=O) groups excluding carboxylic acids is 2. The molecule has 0 atom stereocenters. The molecule has 2 aliphatic heterocycles. The van der Waals surface area contributed by atoms with Crippen molar-refractivity contribution >= 4 is 11.8 Å². The van der Waals surface area contributed by atoms with E-state index < -0.39 is 0 Å². The van der Waals surface area contributed by atoms with E-state index >= 15 is 0 Å². The summed E-state index contributed by atoms with van der Waals surface area (Å²) in [5.74, 6) is -0.624. The zero-order valence-corrected chi connectivity index (χ0v) is 15.2. The molecular formula is C18H25N3O4. The van der Waals surface area contributed by atoms with Crippen LogP contribution in [0.4, 0.5) is 0 Å². The number of nitrogens with zero attached hydrogens (tertiary/aromatic N) is 3. The Morgan fingerprint density at radius 1 is 1.00 bits per heavy atom. The maximum atomic E-state index is 12.8. The van der Waals surface area contributed by atoms with Gasteiger partial charge in [-0.3, -0.25) is 9.59 Å². The Kier molecular flexibility index (Phi) is 4.92. The Bertz CT molecular complexity index is 628. The van der Waals surface area contributed by atoms with Crippen LogP contribution in [0.1, 0.15) is 41.5 Å². The Hall–Kier alpha value is -1.80. The van der Waals surface area contributed by atoms with Crippen molar-refractivity contribution in [3.05, 3.63) is 35.4 Å². The predicted molar refractivity (Wildman–Crippen MR) is 91.7 cm³/mol. The Balaban J connectivity index is 1.92. The number of carbonyl (C=O) groups is 2. The zero-order valence-electron chi connectivity index (χ0n) is 15.2. The van der Waals surface area contributed by atoms with Crippen LogP contribution in [-0.2, 0) is 9.47 Å². The van der Waals surface area contributed by atoms with Gasteiger partial charge < -0.3 is 9.47 Å². The smallest absolute Gasteiger partial charge is 0.277 e. The number of hydrazine groups is 2. The van der Waals surface area contributed by atoms with Crippen LogP contribution in [0.5, 0.6) is 0 Å². The Labute approximate surface area is 148 Å². The highest BCUT2D eigenvalue weighted by molar-refractivity contribution is 6.20. The van der Waals surface area contributed by atoms with Crippen molar-refractivity contribution < 1.29 is 19.1 Å². The molecule has 1 fully saturated rings. The van der Waals surface area contributed by atoms with Crippen LogP contribution in [-0.4, -0.2) is 72.0 Å². The van der Waals surface area contributed by atoms with Crippen molar-refractivity contribution in [3.8, 4) is 0 Å². The molecule has 2 aliphatic rings. The Morgan fingerprint density at radius 2 is 1.48 bits per heavy atom. The van der Waals surface area contributed by atoms with Crippen LogP contribution in [0.2, 0.25) is 0 Å². The van der Waals surface area contributed by atoms with Gasteiger partial charge >= 0.3 is 0 Å². The van der Waals surface area contributed by atoms with Crippen molar-refractivity contribution in [2.75, 3.05) is 33.5 Å². The molecule has 7 heteroatoms. The third-order valence-electron chi connectivity index (χ3n) is 4.40. The minimum atomic E-state index is -0.341. The monoisotopic (exact) mass is 347 g/mol. The van der Waals surface area contributed by atoms with Crippen molar-refractivity contribution in [2.45, 2.75) is 32.4 Å². The standard InChI is InChI=1S/C18H25N3O4/c1-18(2,3)21(13-11-24-9-10-25-12-13)19(4)20-16(22)14-7-5-6-8-15(14)17(20)23/h5-8,13H,9-12H2,1-4H3. The van der Waals surface area contributed by atoms with E-state index in [1.807, 2.05) is 25.8 Å². The number of imide groups is 1. The van der Waals surface area contributed by atoms with E-state index in [2.05, 4.69) is 0 Å². The molecule has 0 spiro atoms. The van der Waals surface area contributed by atoms with E-state index in [1.165, 1.54) is 5.01 Å². The van der Waals surface area contributed by atoms with Crippen molar-refractivity contribution in [1.29, 1.82) is 0 Å². The summed E-state index contributed by atoms with van der Waals surface area (Å²) in [6.45, 7) is 8.15. The minimum absolute atomic E-state index is 0.100. The third-order valence-corrected chi connectivity index (χ3v) is 4.40. The third kappa shape index (κ3) is 3.32. The van der Waals surface area contributed by atoms with Crippen LogP contribution < -0.4 is 0 Å². The molecule has 2 heterocycles. The molecule has 1 aromatic carbocycles. The van der Waals surface area contributed by atoms with E-state index in [1.54, 1.807) is 36.4 Å². The Morgan fingerprint density at radius 3 is 1.92 bits per heavy atom. The number of amides is 2. The highest BCUT2D eigenvalue weighted by Gasteiger charge is 2.44. The molecule has 7 nitrogen and oxygen atoms in total. The van der Waals surface area contributed by atoms with Crippen LogP contribution in [0.3, 0.4) is 0 Å². The largest absolute Gasteiger partial charge is 0.377 e. The molecule has 0 unspecified atom stereocenters. The van der Waals surface area contributed by atoms with E-state index in [-0.39, 0.29) is 23.4 Å². The average molecular weight is 347 g/mol. The van der Waals surface area contributed by atoms with Gasteiger partial charge in [0.15, 0.2) is 0 Å². The van der Waals surface area contributed by atoms with Gasteiger partial charge in [0.1, 0.15) is 0 Å². The second kappa shape index (κ2) is 6.84. The molecule has 0 aromatic heterocycles. The van der Waals surface area contributed by atoms with E-state index in [4.69, 9.17) is 9.47 Å². The number of hydrogen-bond donors (Lipinski definition) is 0. The van der Waals surface area contributed by atoms with Gasteiger partial charge in [-0.1, -0.05) is 12.1 Å². The lowest BCUT2D eigenvalue weighted by Crippen LogP contribution is -2.64. The van der Waals surface area contributed by atoms with Gasteiger partial charge in [0.2, 0.25) is 0 Å². The molecular weight excluding hydrogens is 322 g/mol. The van der Waals surface area contributed by atoms with Crippen molar-refractivity contribution in [1.82, 2.24) is 15.1 Å². The highest BCUT2D eigenvalue weighted by atomic mass is 16.5. The van der Waals surface area contributed by atoms with Crippen LogP contribution in [0, 0.1) is 0 Å². The SMILES string of the molecule is CN(N1C(=O)c2ccccc2C1=O)N(C1COCCOC1)C(C)(C)C. The molecule has 25 heavy (non-hydrogen) atoms. The van der Waals surface area contributed by atoms with Crippen LogP contribution in [0.15, 0.2) is 24.3 Å². The van der Waals surface area contributed by atoms with Gasteiger partial charge in [-0.05, 0) is 32.9 Å². The maximum absolute atomic E-state index is 12.8. The molecule has 1 aromatic rings. The van der Waals surface area contributed by atoms with E-state index in [9.17, 15) is 9.59 Å². The molecule has 0 radical (unpaired) electrons. The van der Waals surface area contributed by atoms with Crippen LogP contribution in [0.25, 0.3) is 0 Å². The lowest BCUT2D eigenvalue weighted by Gasteiger charge is -2.47. The fraction of sp³-hybridized carbons (Fsp3) is 0.556. The molecule has 1 saturated heterocycles. The summed E-state index contributed by atoms with van der Waals surface area (Å²) in [4.78, 5) is 25.6. The number of fused-ring (bicyclic) bond motifs is 1. The first-order valence-electron chi connectivity index (χ1n) is 8.48. The van der Waals surface area contributed by atoms with E-state index in [0.29, 0.717) is 37.6 Å². The lowest BCUT2D eigenvalue weighted by atomic mass is 10.1. The molecule has 3 rings (SSSR count). The van der Waals surface area contributed by atoms with Crippen molar-refractivity contribution in [2.24, 2.45) is 0 Å². The van der Waals surface area contributed by atoms with Gasteiger partial charge in [-0.25, -0.2) is 5.01 Å². The fourth-order valence-electron chi connectivity index (χ4n) is 3.50. The zero-order chi connectivity index (χ0) is 18.2. The molecule has 0 saturated carbocycles. The normalized spacial score (nSPS) is 19.7. The first-order valence-corrected chi connectivity index (χ1v) is 8.48. The highest BCUT2D eigenvalue weighted by Crippen LogP contribution is 2.28. The van der Waals surface area contributed by atoms with E-state index in [0.717, 1.165) is 0 Å². The van der Waals surface area contributed by atoms with Gasteiger partial charge in [-0.15, -0.1) is 5.12 Å². The molecule has 0 aliphatic carbocycles. The number of ether oxygens (including phenoxy) is 2. The topological polar surface area (TPSA) is 62.3 Å². The second-order valence-corrected chi connectivity index (χ2v) is 7.28. The quantitative estimate of drug-likeness (QED) is 0.611. The van der Waals surface area contributed by atoms with Gasteiger partial charge in [-0.2, -0.15) is 5.01 Å². The van der Waals surface area contributed by atoms with Gasteiger partial charge in [0.25, 0.3) is 11.8 Å². The summed E-state index contributed by atoms with van der Waals surface area (Å²) < 4.78 is 11.3. The summed E-state index contributed by atoms with van der Waals surface area (Å²) in [6.07, 6.45) is 0. The average Bonchev–Trinajstić information content (AvgIpc) is 2.73. The number of rotatable bonds is 3. The summed E-state index contributed by atoms with van der Waals surface area (Å²) in [5, 5.41) is 4.80. The summed E-state index contributed by atoms with van der Waals surface area (Å²) in [7, 11) is 1.73. The summed E-state index contributed by atoms with van der Waals surface area (Å²) >= 11 is 0.